The molecule has 9 heteroatoms. The number of hydrogen-bond acceptors (Lipinski definition) is 8. The van der Waals surface area contributed by atoms with Gasteiger partial charge < -0.3 is 20.0 Å². The molecule has 0 saturated carbocycles. The quantitative estimate of drug-likeness (QED) is 0.541. The third-order valence-corrected chi connectivity index (χ3v) is 5.56. The molecule has 0 bridgehead atoms. The highest BCUT2D eigenvalue weighted by Gasteiger charge is 2.35. The summed E-state index contributed by atoms with van der Waals surface area (Å²) in [5, 5.41) is 27.8. The second kappa shape index (κ2) is 8.78. The zero-order chi connectivity index (χ0) is 23.6. The third kappa shape index (κ3) is 4.57. The number of fused-ring (bicyclic) bond motifs is 1. The Morgan fingerprint density at radius 2 is 1.70 bits per heavy atom. The number of aromatic nitrogens is 1. The molecule has 2 N–H and O–H groups in total. The number of nitrogens with zero attached hydrogens (tertiary/aromatic N) is 5. The second-order valence-corrected chi connectivity index (χ2v) is 8.27. The highest BCUT2D eigenvalue weighted by molar-refractivity contribution is 6.00. The molecule has 1 aromatic heterocycles. The van der Waals surface area contributed by atoms with E-state index in [9.17, 15) is 15.0 Å². The zero-order valence-corrected chi connectivity index (χ0v) is 18.6. The number of anilines is 1. The van der Waals surface area contributed by atoms with E-state index in [0.717, 1.165) is 16.9 Å². The molecule has 4 rings (SSSR count). The number of amidine groups is 1. The minimum atomic E-state index is -0.588. The van der Waals surface area contributed by atoms with E-state index in [1.54, 1.807) is 0 Å². The van der Waals surface area contributed by atoms with Crippen molar-refractivity contribution in [3.8, 4) is 11.8 Å². The number of rotatable bonds is 6. The van der Waals surface area contributed by atoms with Crippen molar-refractivity contribution in [2.45, 2.75) is 25.7 Å². The summed E-state index contributed by atoms with van der Waals surface area (Å²) in [6.07, 6.45) is 0.0600. The van der Waals surface area contributed by atoms with E-state index < -0.39 is 5.97 Å². The lowest BCUT2D eigenvalue weighted by atomic mass is 9.85. The number of hydrogen-bond donors (Lipinski definition) is 2. The van der Waals surface area contributed by atoms with Crippen LogP contribution in [0.3, 0.4) is 0 Å². The third-order valence-electron chi connectivity index (χ3n) is 5.56. The molecule has 170 valence electrons. The van der Waals surface area contributed by atoms with Crippen molar-refractivity contribution in [2.75, 3.05) is 18.5 Å². The van der Waals surface area contributed by atoms with Crippen molar-refractivity contribution >= 4 is 28.9 Å². The normalized spacial score (nSPS) is 14.2. The van der Waals surface area contributed by atoms with E-state index in [1.807, 2.05) is 54.4 Å². The molecule has 0 saturated heterocycles. The number of benzene rings is 2. The molecule has 0 radical (unpaired) electrons. The summed E-state index contributed by atoms with van der Waals surface area (Å²) < 4.78 is 0.677. The molecule has 0 spiro atoms. The van der Waals surface area contributed by atoms with Crippen LogP contribution in [0.1, 0.15) is 25.8 Å². The lowest BCUT2D eigenvalue weighted by Gasteiger charge is -2.19. The summed E-state index contributed by atoms with van der Waals surface area (Å²) in [6.45, 7) is 4.54. The Labute approximate surface area is 191 Å². The van der Waals surface area contributed by atoms with E-state index in [1.165, 1.54) is 12.1 Å². The summed E-state index contributed by atoms with van der Waals surface area (Å²) in [6, 6.07) is 17.9. The molecule has 0 aliphatic carbocycles. The molecule has 3 aromatic rings. The molecule has 0 atom stereocenters. The first-order valence-electron chi connectivity index (χ1n) is 10.5. The summed E-state index contributed by atoms with van der Waals surface area (Å²) in [5.41, 5.74) is 3.34. The SMILES string of the molecule is CN(CCC(=O)On1c(O)ccc1O)c1ccc(N=NC2=Nc3ccccc3C2(C)C)cc1. The van der Waals surface area contributed by atoms with Crippen molar-refractivity contribution in [1.29, 1.82) is 0 Å². The second-order valence-electron chi connectivity index (χ2n) is 8.27. The fourth-order valence-electron chi connectivity index (χ4n) is 3.53. The molecule has 9 nitrogen and oxygen atoms in total. The van der Waals surface area contributed by atoms with Gasteiger partial charge in [-0.05, 0) is 49.7 Å². The van der Waals surface area contributed by atoms with Crippen LogP contribution in [0.5, 0.6) is 11.8 Å². The van der Waals surface area contributed by atoms with Crippen LogP contribution in [-0.4, -0.2) is 40.3 Å². The average molecular weight is 447 g/mol. The van der Waals surface area contributed by atoms with Crippen LogP contribution in [0, 0.1) is 0 Å². The van der Waals surface area contributed by atoms with Crippen molar-refractivity contribution in [3.63, 3.8) is 0 Å². The van der Waals surface area contributed by atoms with Gasteiger partial charge in [0.15, 0.2) is 5.84 Å². The smallest absolute Gasteiger partial charge is 0.335 e. The Morgan fingerprint density at radius 3 is 2.36 bits per heavy atom. The van der Waals surface area contributed by atoms with Crippen LogP contribution in [0.25, 0.3) is 0 Å². The van der Waals surface area contributed by atoms with Crippen LogP contribution in [0.4, 0.5) is 17.1 Å². The Bertz CT molecular complexity index is 1210. The number of azo groups is 1. The minimum Gasteiger partial charge on any atom is -0.492 e. The number of aromatic hydroxyl groups is 2. The first-order valence-corrected chi connectivity index (χ1v) is 10.5. The Hall–Kier alpha value is -4.14. The lowest BCUT2D eigenvalue weighted by molar-refractivity contribution is -0.145. The zero-order valence-electron chi connectivity index (χ0n) is 18.6. The fraction of sp³-hybridized carbons (Fsp3) is 0.250. The van der Waals surface area contributed by atoms with Gasteiger partial charge in [-0.15, -0.1) is 15.0 Å². The summed E-state index contributed by atoms with van der Waals surface area (Å²) >= 11 is 0. The molecule has 1 aliphatic rings. The number of carbonyl (C=O) groups is 1. The van der Waals surface area contributed by atoms with Gasteiger partial charge in [0, 0.05) is 31.4 Å². The number of carbonyl (C=O) groups excluding carboxylic acids is 1. The lowest BCUT2D eigenvalue weighted by Crippen LogP contribution is -2.26. The molecule has 1 aliphatic heterocycles. The van der Waals surface area contributed by atoms with Crippen LogP contribution >= 0.6 is 0 Å². The standard InChI is InChI=1S/C24H25N5O4/c1-24(2)18-6-4-5-7-19(18)25-23(24)27-26-16-8-10-17(11-9-16)28(3)15-14-22(32)33-29-20(30)12-13-21(29)31/h4-13,30-31H,14-15H2,1-3H3. The molecular formula is C24H25N5O4. The van der Waals surface area contributed by atoms with Crippen LogP contribution in [-0.2, 0) is 10.2 Å². The summed E-state index contributed by atoms with van der Waals surface area (Å²) in [4.78, 5) is 23.5. The van der Waals surface area contributed by atoms with Crippen molar-refractivity contribution in [1.82, 2.24) is 4.73 Å². The topological polar surface area (TPSA) is 112 Å². The van der Waals surface area contributed by atoms with E-state index in [-0.39, 0.29) is 23.6 Å². The van der Waals surface area contributed by atoms with Crippen LogP contribution in [0.2, 0.25) is 0 Å². The first-order chi connectivity index (χ1) is 15.8. The van der Waals surface area contributed by atoms with Crippen molar-refractivity contribution < 1.29 is 19.8 Å². The van der Waals surface area contributed by atoms with E-state index in [0.29, 0.717) is 22.8 Å². The van der Waals surface area contributed by atoms with Gasteiger partial charge in [-0.3, -0.25) is 0 Å². The minimum absolute atomic E-state index is 0.0600. The van der Waals surface area contributed by atoms with E-state index in [4.69, 9.17) is 4.84 Å². The monoisotopic (exact) mass is 447 g/mol. The predicted octanol–water partition coefficient (Wildman–Crippen LogP) is 4.49. The van der Waals surface area contributed by atoms with Gasteiger partial charge >= 0.3 is 5.97 Å². The van der Waals surface area contributed by atoms with E-state index in [2.05, 4.69) is 35.1 Å². The van der Waals surface area contributed by atoms with Gasteiger partial charge in [0.2, 0.25) is 11.8 Å². The van der Waals surface area contributed by atoms with Gasteiger partial charge in [-0.25, -0.2) is 9.79 Å². The van der Waals surface area contributed by atoms with Gasteiger partial charge in [0.25, 0.3) is 0 Å². The molecule has 0 unspecified atom stereocenters. The van der Waals surface area contributed by atoms with Gasteiger partial charge in [-0.2, -0.15) is 0 Å². The largest absolute Gasteiger partial charge is 0.492 e. The van der Waals surface area contributed by atoms with Crippen LogP contribution < -0.4 is 9.74 Å². The van der Waals surface area contributed by atoms with Gasteiger partial charge in [0.05, 0.1) is 23.2 Å². The maximum atomic E-state index is 12.0. The average Bonchev–Trinajstić information content (AvgIpc) is 3.26. The first kappa shape index (κ1) is 22.1. The summed E-state index contributed by atoms with van der Waals surface area (Å²) in [5.74, 6) is -0.622. The Morgan fingerprint density at radius 1 is 1.03 bits per heavy atom. The molecule has 0 amide bonds. The maximum Gasteiger partial charge on any atom is 0.335 e. The molecule has 2 aromatic carbocycles. The van der Waals surface area contributed by atoms with E-state index >= 15 is 0 Å². The highest BCUT2D eigenvalue weighted by atomic mass is 16.7. The van der Waals surface area contributed by atoms with Gasteiger partial charge in [0.1, 0.15) is 0 Å². The summed E-state index contributed by atoms with van der Waals surface area (Å²) in [7, 11) is 1.85. The number of aliphatic imine (C=N–C) groups is 1. The molecule has 2 heterocycles. The molecular weight excluding hydrogens is 422 g/mol. The van der Waals surface area contributed by atoms with Crippen LogP contribution in [0.15, 0.2) is 75.9 Å². The molecule has 0 fully saturated rings. The fourth-order valence-corrected chi connectivity index (χ4v) is 3.53. The predicted molar refractivity (Wildman–Crippen MR) is 125 cm³/mol. The highest BCUT2D eigenvalue weighted by Crippen LogP contribution is 2.40. The Kier molecular flexibility index (Phi) is 5.87. The van der Waals surface area contributed by atoms with Gasteiger partial charge in [-0.1, -0.05) is 18.2 Å². The molecule has 33 heavy (non-hydrogen) atoms. The maximum absolute atomic E-state index is 12.0. The van der Waals surface area contributed by atoms with Crippen molar-refractivity contribution in [3.05, 3.63) is 66.2 Å². The van der Waals surface area contributed by atoms with Crippen molar-refractivity contribution in [2.24, 2.45) is 15.2 Å². The Balaban J connectivity index is 1.34. The number of para-hydroxylation sites is 1.